The molecule has 0 aliphatic rings. The van der Waals surface area contributed by atoms with Gasteiger partial charge in [-0.05, 0) is 54.5 Å². The van der Waals surface area contributed by atoms with Gasteiger partial charge in [0.05, 0.1) is 0 Å². The third kappa shape index (κ3) is 44.9. The van der Waals surface area contributed by atoms with Gasteiger partial charge in [0.15, 0.2) is 0 Å². The van der Waals surface area contributed by atoms with E-state index in [9.17, 15) is 5.11 Å². The predicted octanol–water partition coefficient (Wildman–Crippen LogP) is 3.76. The Kier molecular flexibility index (Phi) is 28.1. The van der Waals surface area contributed by atoms with Gasteiger partial charge >= 0.3 is 0 Å². The van der Waals surface area contributed by atoms with Gasteiger partial charge in [-0.15, -0.1) is 0 Å². The van der Waals surface area contributed by atoms with Crippen LogP contribution < -0.4 is 0 Å². The molecule has 0 saturated heterocycles. The molecule has 0 bridgehead atoms. The fourth-order valence-electron chi connectivity index (χ4n) is 0.776. The second-order valence-corrected chi connectivity index (χ2v) is 5.32. The van der Waals surface area contributed by atoms with Crippen LogP contribution in [0.1, 0.15) is 54.0 Å². The van der Waals surface area contributed by atoms with Gasteiger partial charge in [0.2, 0.25) is 0 Å². The monoisotopic (exact) mass is 362 g/mol. The Morgan fingerprint density at radius 1 is 0.783 bits per heavy atom. The fourth-order valence-corrected chi connectivity index (χ4v) is 0.776. The summed E-state index contributed by atoms with van der Waals surface area (Å²) >= 11 is 0. The summed E-state index contributed by atoms with van der Waals surface area (Å²) in [5.41, 5.74) is 0.866. The first-order valence-corrected chi connectivity index (χ1v) is 7.49. The van der Waals surface area contributed by atoms with E-state index in [4.69, 9.17) is 15.3 Å². The van der Waals surface area contributed by atoms with E-state index in [-0.39, 0.29) is 40.0 Å². The summed E-state index contributed by atoms with van der Waals surface area (Å²) in [4.78, 5) is 0. The van der Waals surface area contributed by atoms with Crippen molar-refractivity contribution in [1.29, 1.82) is 0 Å². The summed E-state index contributed by atoms with van der Waals surface area (Å²) in [5, 5.41) is 33.4. The summed E-state index contributed by atoms with van der Waals surface area (Å²) in [6.07, 6.45) is 1.18. The van der Waals surface area contributed by atoms with Crippen molar-refractivity contribution in [2.75, 3.05) is 0 Å². The summed E-state index contributed by atoms with van der Waals surface area (Å²) in [6, 6.07) is 9.46. The van der Waals surface area contributed by atoms with Crippen molar-refractivity contribution in [3.63, 3.8) is 0 Å². The normalized spacial score (nSPS) is 9.70. The second-order valence-electron chi connectivity index (χ2n) is 5.32. The molecule has 0 aliphatic carbocycles. The molecule has 0 heterocycles. The molecular formula is C18H34O4Ti. The Labute approximate surface area is 156 Å². The number of allylic oxidation sites excluding steroid dienone is 1. The van der Waals surface area contributed by atoms with Crippen LogP contribution in [0.4, 0.5) is 0 Å². The largest absolute Gasteiger partial charge is 0.508 e. The molecule has 0 spiro atoms. The molecule has 1 rings (SSSR count). The molecule has 4 N–H and O–H groups in total. The molecule has 4 nitrogen and oxygen atoms in total. The van der Waals surface area contributed by atoms with E-state index in [1.54, 1.807) is 47.6 Å². The van der Waals surface area contributed by atoms with Gasteiger partial charge in [-0.3, -0.25) is 0 Å². The van der Waals surface area contributed by atoms with Crippen molar-refractivity contribution >= 4 is 5.76 Å². The summed E-state index contributed by atoms with van der Waals surface area (Å²) in [6.45, 7) is 12.1. The van der Waals surface area contributed by atoms with Crippen LogP contribution in [-0.2, 0) is 21.7 Å². The topological polar surface area (TPSA) is 80.9 Å². The van der Waals surface area contributed by atoms with Gasteiger partial charge in [-0.25, -0.2) is 0 Å². The summed E-state index contributed by atoms with van der Waals surface area (Å²) < 4.78 is 0. The SMILES string of the molecule is C/C=C(\O)c1ccccc1.CC(C)O.CC(C)O.CC(C)O.[Ti]. The van der Waals surface area contributed by atoms with Gasteiger partial charge < -0.3 is 20.4 Å². The van der Waals surface area contributed by atoms with E-state index in [0.29, 0.717) is 5.76 Å². The van der Waals surface area contributed by atoms with Crippen LogP contribution in [0.3, 0.4) is 0 Å². The van der Waals surface area contributed by atoms with Crippen molar-refractivity contribution in [2.45, 2.75) is 66.8 Å². The molecule has 0 unspecified atom stereocenters. The molecule has 0 aliphatic heterocycles. The van der Waals surface area contributed by atoms with Gasteiger partial charge in [0.1, 0.15) is 5.76 Å². The van der Waals surface area contributed by atoms with Crippen LogP contribution in [0, 0.1) is 0 Å². The minimum Gasteiger partial charge on any atom is -0.508 e. The molecule has 1 aromatic rings. The molecule has 23 heavy (non-hydrogen) atoms. The third-order valence-corrected chi connectivity index (χ3v) is 1.34. The average Bonchev–Trinajstić information content (AvgIpc) is 2.37. The van der Waals surface area contributed by atoms with Crippen molar-refractivity contribution < 1.29 is 42.1 Å². The number of hydrogen-bond acceptors (Lipinski definition) is 4. The van der Waals surface area contributed by atoms with Crippen molar-refractivity contribution in [2.24, 2.45) is 0 Å². The smallest absolute Gasteiger partial charge is 0.118 e. The summed E-state index contributed by atoms with van der Waals surface area (Å²) in [7, 11) is 0. The van der Waals surface area contributed by atoms with E-state index >= 15 is 0 Å². The van der Waals surface area contributed by atoms with Crippen LogP contribution in [0.15, 0.2) is 36.4 Å². The number of benzene rings is 1. The van der Waals surface area contributed by atoms with E-state index in [1.165, 1.54) is 0 Å². The molecule has 0 atom stereocenters. The Morgan fingerprint density at radius 3 is 1.26 bits per heavy atom. The molecule has 0 saturated carbocycles. The zero-order chi connectivity index (χ0) is 18.1. The van der Waals surface area contributed by atoms with Crippen LogP contribution in [0.25, 0.3) is 5.76 Å². The van der Waals surface area contributed by atoms with Gasteiger partial charge in [0.25, 0.3) is 0 Å². The Hall–Kier alpha value is -0.646. The summed E-state index contributed by atoms with van der Waals surface area (Å²) in [5.74, 6) is 0.334. The first-order valence-electron chi connectivity index (χ1n) is 7.49. The molecule has 0 radical (unpaired) electrons. The van der Waals surface area contributed by atoms with Crippen molar-refractivity contribution in [1.82, 2.24) is 0 Å². The molecule has 0 amide bonds. The van der Waals surface area contributed by atoms with E-state index in [2.05, 4.69) is 0 Å². The predicted molar refractivity (Wildman–Crippen MR) is 94.8 cm³/mol. The minimum atomic E-state index is -0.167. The number of hydrogen-bond donors (Lipinski definition) is 4. The Balaban J connectivity index is -0.000000118. The van der Waals surface area contributed by atoms with Crippen LogP contribution >= 0.6 is 0 Å². The maximum absolute atomic E-state index is 9.19. The Morgan fingerprint density at radius 2 is 1.04 bits per heavy atom. The van der Waals surface area contributed by atoms with Gasteiger partial charge in [-0.2, -0.15) is 0 Å². The standard InChI is InChI=1S/C9H10O.3C3H8O.Ti/c1-2-9(10)8-6-4-3-5-7-8;3*1-3(2)4;/h2-7,10H,1H3;3*3-4H,1-2H3;/b9-2-;;;;. The molecule has 1 aromatic carbocycles. The van der Waals surface area contributed by atoms with Crippen LogP contribution in [0.2, 0.25) is 0 Å². The number of aliphatic hydroxyl groups excluding tert-OH is 4. The Bertz CT molecular complexity index is 327. The van der Waals surface area contributed by atoms with E-state index < -0.39 is 0 Å². The first-order chi connectivity index (χ1) is 10.0. The van der Waals surface area contributed by atoms with Gasteiger partial charge in [-0.1, -0.05) is 30.3 Å². The molecule has 134 valence electrons. The third-order valence-electron chi connectivity index (χ3n) is 1.34. The van der Waals surface area contributed by atoms with Crippen molar-refractivity contribution in [3.8, 4) is 0 Å². The second kappa shape index (κ2) is 21.4. The molecule has 5 heteroatoms. The molecule has 0 fully saturated rings. The fraction of sp³-hybridized carbons (Fsp3) is 0.556. The average molecular weight is 362 g/mol. The zero-order valence-electron chi connectivity index (χ0n) is 15.5. The number of rotatable bonds is 1. The zero-order valence-corrected chi connectivity index (χ0v) is 17.0. The first kappa shape index (κ1) is 30.3. The maximum Gasteiger partial charge on any atom is 0.118 e. The van der Waals surface area contributed by atoms with E-state index in [0.717, 1.165) is 5.56 Å². The minimum absolute atomic E-state index is 0. The van der Waals surface area contributed by atoms with Crippen LogP contribution in [0.5, 0.6) is 0 Å². The maximum atomic E-state index is 9.19. The van der Waals surface area contributed by atoms with E-state index in [1.807, 2.05) is 37.3 Å². The van der Waals surface area contributed by atoms with Crippen molar-refractivity contribution in [3.05, 3.63) is 42.0 Å². The number of aliphatic hydroxyl groups is 4. The quantitative estimate of drug-likeness (QED) is 0.453. The van der Waals surface area contributed by atoms with Crippen LogP contribution in [-0.4, -0.2) is 38.7 Å². The molecular weight excluding hydrogens is 328 g/mol. The van der Waals surface area contributed by atoms with Gasteiger partial charge in [0, 0.05) is 45.6 Å². The molecule has 0 aromatic heterocycles.